The number of phosphoric ester groups is 1. The molecule has 3 unspecified atom stereocenters. The second-order valence-corrected chi connectivity index (χ2v) is 9.13. The van der Waals surface area contributed by atoms with Gasteiger partial charge in [0.2, 0.25) is 0 Å². The van der Waals surface area contributed by atoms with E-state index in [4.69, 9.17) is 21.9 Å². The summed E-state index contributed by atoms with van der Waals surface area (Å²) in [5.41, 5.74) is -0.471. The van der Waals surface area contributed by atoms with Crippen molar-refractivity contribution in [2.75, 3.05) is 20.1 Å². The largest absolute Gasteiger partial charge is 0.524 e. The summed E-state index contributed by atoms with van der Waals surface area (Å²) in [4.78, 5) is 33.4. The summed E-state index contributed by atoms with van der Waals surface area (Å²) < 4.78 is 30.7. The molecule has 32 heavy (non-hydrogen) atoms. The molecule has 0 amide bonds. The van der Waals surface area contributed by atoms with E-state index in [0.29, 0.717) is 17.1 Å². The molecule has 1 aliphatic rings. The average molecular weight is 483 g/mol. The third-order valence-electron chi connectivity index (χ3n) is 5.32. The Labute approximate surface area is 189 Å². The molecule has 1 saturated heterocycles. The van der Waals surface area contributed by atoms with E-state index < -0.39 is 43.3 Å². The maximum atomic E-state index is 13.0. The van der Waals surface area contributed by atoms with Crippen molar-refractivity contribution in [1.29, 1.82) is 0 Å². The second-order valence-electron chi connectivity index (χ2n) is 7.56. The molecule has 4 N–H and O–H groups in total. The van der Waals surface area contributed by atoms with Crippen LogP contribution in [0.1, 0.15) is 19.3 Å². The van der Waals surface area contributed by atoms with Crippen LogP contribution in [0.3, 0.4) is 0 Å². The number of aliphatic hydroxyl groups excluding tert-OH is 1. The number of hydrogen-bond donors (Lipinski definition) is 4. The summed E-state index contributed by atoms with van der Waals surface area (Å²) in [7, 11) is -3.43. The van der Waals surface area contributed by atoms with Gasteiger partial charge in [0.05, 0.1) is 11.1 Å². The van der Waals surface area contributed by atoms with Crippen molar-refractivity contribution in [2.45, 2.75) is 18.4 Å². The highest BCUT2D eigenvalue weighted by Crippen LogP contribution is 2.48. The highest BCUT2D eigenvalue weighted by atomic mass is 35.5. The van der Waals surface area contributed by atoms with Gasteiger partial charge in [-0.15, -0.1) is 0 Å². The lowest BCUT2D eigenvalue weighted by atomic mass is 9.85. The van der Waals surface area contributed by atoms with Gasteiger partial charge in [-0.25, -0.2) is 4.57 Å². The summed E-state index contributed by atoms with van der Waals surface area (Å²) >= 11 is 6.25. The van der Waals surface area contributed by atoms with E-state index in [-0.39, 0.29) is 28.7 Å². The average Bonchev–Trinajstić information content (AvgIpc) is 2.72. The fourth-order valence-corrected chi connectivity index (χ4v) is 4.56. The molecule has 3 aromatic rings. The molecule has 0 radical (unpaired) electrons. The maximum absolute atomic E-state index is 13.0. The van der Waals surface area contributed by atoms with Crippen LogP contribution in [-0.2, 0) is 4.57 Å². The topological polar surface area (TPSA) is 141 Å². The van der Waals surface area contributed by atoms with Gasteiger partial charge in [0, 0.05) is 37.1 Å². The molecule has 1 aliphatic heterocycles. The first-order valence-electron chi connectivity index (χ1n) is 10.2. The number of halogens is 1. The van der Waals surface area contributed by atoms with Crippen LogP contribution in [0, 0.1) is 0 Å². The number of piperidine rings is 1. The summed E-state index contributed by atoms with van der Waals surface area (Å²) in [5.74, 6) is -1.88. The minimum absolute atomic E-state index is 0.0185. The third-order valence-corrected chi connectivity index (χ3v) is 6.09. The van der Waals surface area contributed by atoms with E-state index in [2.05, 4.69) is 0 Å². The van der Waals surface area contributed by atoms with E-state index in [1.54, 1.807) is 36.2 Å². The fraction of sp³-hybridized carbons (Fsp3) is 0.286. The number of benzene rings is 2. The van der Waals surface area contributed by atoms with Crippen molar-refractivity contribution in [3.05, 3.63) is 57.2 Å². The Bertz CT molecular complexity index is 1330. The predicted octanol–water partition coefficient (Wildman–Crippen LogP) is 3.07. The standard InChI is InChI=1S/C21H21ClNO8P/c1-23-7-6-12(16(26)10-23)19-18(31-32(27,28)29)9-15(25)20-14(24)8-17(30-21(19)20)11-4-2-3-5-13(11)22/h2-5,8-9,12,16,25-26H,6-7,10H2,1H3,(H2,27,28,29)/i10D. The first-order valence-corrected chi connectivity index (χ1v) is 11.5. The predicted molar refractivity (Wildman–Crippen MR) is 118 cm³/mol. The fourth-order valence-electron chi connectivity index (χ4n) is 3.93. The molecule has 0 saturated carbocycles. The highest BCUT2D eigenvalue weighted by molar-refractivity contribution is 7.46. The smallest absolute Gasteiger partial charge is 0.507 e. The summed E-state index contributed by atoms with van der Waals surface area (Å²) in [6, 6.07) is 8.65. The molecular weight excluding hydrogens is 461 g/mol. The van der Waals surface area contributed by atoms with Gasteiger partial charge < -0.3 is 24.1 Å². The molecule has 1 fully saturated rings. The number of aromatic hydroxyl groups is 1. The number of likely N-dealkylation sites (N-methyl/N-ethyl adjacent to an activating group) is 1. The Morgan fingerprint density at radius 3 is 2.72 bits per heavy atom. The lowest BCUT2D eigenvalue weighted by Crippen LogP contribution is -2.40. The van der Waals surface area contributed by atoms with Crippen LogP contribution in [0.5, 0.6) is 11.5 Å². The number of aliphatic hydroxyl groups is 1. The molecule has 3 atom stereocenters. The normalized spacial score (nSPS) is 22.7. The quantitative estimate of drug-likeness (QED) is 0.413. The SMILES string of the molecule is [2H]C1C(O)C(c2c(OP(=O)(O)O)cc(O)c3c(=O)cc(-c4ccccc4Cl)oc23)CCN1C. The van der Waals surface area contributed by atoms with Crippen molar-refractivity contribution in [2.24, 2.45) is 0 Å². The number of phosphoric acid groups is 1. The molecule has 0 spiro atoms. The lowest BCUT2D eigenvalue weighted by molar-refractivity contribution is 0.0632. The lowest BCUT2D eigenvalue weighted by Gasteiger charge is -2.34. The Morgan fingerprint density at radius 1 is 1.31 bits per heavy atom. The minimum Gasteiger partial charge on any atom is -0.507 e. The van der Waals surface area contributed by atoms with Crippen molar-refractivity contribution in [1.82, 2.24) is 4.90 Å². The van der Waals surface area contributed by atoms with Gasteiger partial charge in [0.15, 0.2) is 5.43 Å². The van der Waals surface area contributed by atoms with Crippen LogP contribution in [0.15, 0.2) is 45.6 Å². The molecule has 11 heteroatoms. The van der Waals surface area contributed by atoms with Gasteiger partial charge in [0.1, 0.15) is 28.2 Å². The Balaban J connectivity index is 2.06. The molecule has 1 aromatic heterocycles. The number of rotatable bonds is 4. The Kier molecular flexibility index (Phi) is 5.71. The molecule has 9 nitrogen and oxygen atoms in total. The third kappa shape index (κ3) is 4.41. The molecule has 2 heterocycles. The molecule has 0 bridgehead atoms. The molecular formula is C21H21ClNO8P. The first-order chi connectivity index (χ1) is 15.5. The van der Waals surface area contributed by atoms with Crippen molar-refractivity contribution >= 4 is 30.4 Å². The van der Waals surface area contributed by atoms with E-state index in [0.717, 1.165) is 12.1 Å². The molecule has 0 aliphatic carbocycles. The number of β-amino-alcohol motifs (C(OH)–C–C–N with tert-alkyl or cyclic N) is 1. The molecule has 170 valence electrons. The Hall–Kier alpha value is -2.39. The molecule has 2 aromatic carbocycles. The van der Waals surface area contributed by atoms with Crippen LogP contribution in [0.2, 0.25) is 5.02 Å². The van der Waals surface area contributed by atoms with Gasteiger partial charge in [-0.3, -0.25) is 14.6 Å². The zero-order valence-electron chi connectivity index (χ0n) is 17.8. The number of nitrogens with zero attached hydrogens (tertiary/aromatic N) is 1. The zero-order chi connectivity index (χ0) is 24.1. The number of phenolic OH excluding ortho intramolecular Hbond substituents is 1. The van der Waals surface area contributed by atoms with E-state index in [1.165, 1.54) is 0 Å². The van der Waals surface area contributed by atoms with E-state index in [1.807, 2.05) is 0 Å². The first kappa shape index (κ1) is 21.5. The van der Waals surface area contributed by atoms with Crippen LogP contribution in [0.4, 0.5) is 0 Å². The number of phenols is 1. The zero-order valence-corrected chi connectivity index (χ0v) is 18.5. The van der Waals surface area contributed by atoms with Gasteiger partial charge >= 0.3 is 7.82 Å². The number of fused-ring (bicyclic) bond motifs is 1. The summed E-state index contributed by atoms with van der Waals surface area (Å²) in [5, 5.41) is 21.4. The van der Waals surface area contributed by atoms with Gasteiger partial charge in [-0.05, 0) is 32.1 Å². The number of likely N-dealkylation sites (tertiary alicyclic amines) is 1. The summed E-state index contributed by atoms with van der Waals surface area (Å²) in [6.45, 7) is -0.670. The maximum Gasteiger partial charge on any atom is 0.524 e. The van der Waals surface area contributed by atoms with Crippen LogP contribution in [-0.4, -0.2) is 51.1 Å². The van der Waals surface area contributed by atoms with Gasteiger partial charge in [-0.2, -0.15) is 0 Å². The van der Waals surface area contributed by atoms with Crippen molar-refractivity contribution in [3.8, 4) is 22.8 Å². The minimum atomic E-state index is -5.09. The highest BCUT2D eigenvalue weighted by Gasteiger charge is 2.35. The van der Waals surface area contributed by atoms with Crippen LogP contribution >= 0.6 is 19.4 Å². The van der Waals surface area contributed by atoms with Crippen molar-refractivity contribution in [3.63, 3.8) is 0 Å². The van der Waals surface area contributed by atoms with E-state index >= 15 is 0 Å². The van der Waals surface area contributed by atoms with Gasteiger partial charge in [-0.1, -0.05) is 23.7 Å². The van der Waals surface area contributed by atoms with Crippen molar-refractivity contribution < 1.29 is 34.9 Å². The van der Waals surface area contributed by atoms with E-state index in [9.17, 15) is 29.4 Å². The monoisotopic (exact) mass is 482 g/mol. The molecule has 4 rings (SSSR count). The number of hydrogen-bond acceptors (Lipinski definition) is 7. The Morgan fingerprint density at radius 2 is 2.03 bits per heavy atom. The summed E-state index contributed by atoms with van der Waals surface area (Å²) in [6.07, 6.45) is -1.03. The second kappa shape index (κ2) is 8.51. The van der Waals surface area contributed by atoms with Gasteiger partial charge in [0.25, 0.3) is 0 Å². The van der Waals surface area contributed by atoms with Crippen LogP contribution < -0.4 is 9.95 Å². The van der Waals surface area contributed by atoms with Crippen LogP contribution in [0.25, 0.3) is 22.3 Å².